The van der Waals surface area contributed by atoms with Crippen LogP contribution in [0.1, 0.15) is 53.9 Å². The van der Waals surface area contributed by atoms with Crippen LogP contribution in [0.4, 0.5) is 0 Å². The minimum Gasteiger partial charge on any atom is -0.370 e. The highest BCUT2D eigenvalue weighted by Crippen LogP contribution is 1.89. The van der Waals surface area contributed by atoms with Crippen molar-refractivity contribution in [3.8, 4) is 0 Å². The first-order chi connectivity index (χ1) is 5.27. The molecule has 0 unspecified atom stereocenters. The van der Waals surface area contributed by atoms with Crippen LogP contribution in [0, 0.1) is 0 Å². The number of rotatable bonds is 3. The zero-order valence-corrected chi connectivity index (χ0v) is 8.61. The van der Waals surface area contributed by atoms with Gasteiger partial charge in [-0.15, -0.1) is 0 Å². The van der Waals surface area contributed by atoms with E-state index in [0.717, 1.165) is 12.8 Å². The number of primary amides is 1. The first-order valence-electron chi connectivity index (χ1n) is 4.55. The van der Waals surface area contributed by atoms with E-state index in [1.165, 1.54) is 0 Å². The Morgan fingerprint density at radius 3 is 1.64 bits per heavy atom. The fourth-order valence-electron chi connectivity index (χ4n) is 0.351. The first-order valence-corrected chi connectivity index (χ1v) is 4.55. The summed E-state index contributed by atoms with van der Waals surface area (Å²) in [6.07, 6.45) is 2.51. The number of carbonyl (C=O) groups is 1. The Kier molecular flexibility index (Phi) is 34.7. The van der Waals surface area contributed by atoms with Gasteiger partial charge in [0.05, 0.1) is 0 Å². The van der Waals surface area contributed by atoms with Gasteiger partial charge in [-0.1, -0.05) is 41.0 Å². The maximum atomic E-state index is 9.98. The van der Waals surface area contributed by atoms with Crippen molar-refractivity contribution in [1.82, 2.24) is 0 Å². The maximum Gasteiger partial charge on any atom is 0.217 e. The molecule has 0 aromatic carbocycles. The summed E-state index contributed by atoms with van der Waals surface area (Å²) in [6.45, 7) is 10.0. The summed E-state index contributed by atoms with van der Waals surface area (Å²) in [7, 11) is 0. The molecule has 0 aliphatic heterocycles. The van der Waals surface area contributed by atoms with Gasteiger partial charge in [-0.05, 0) is 6.42 Å². The Balaban J connectivity index is -0.000000138. The van der Waals surface area contributed by atoms with E-state index in [4.69, 9.17) is 5.73 Å². The molecule has 2 N–H and O–H groups in total. The highest BCUT2D eigenvalue weighted by atomic mass is 16.1. The first kappa shape index (κ1) is 16.8. The van der Waals surface area contributed by atoms with Gasteiger partial charge < -0.3 is 5.73 Å². The molecule has 70 valence electrons. The zero-order valence-electron chi connectivity index (χ0n) is 8.61. The Morgan fingerprint density at radius 2 is 1.55 bits per heavy atom. The van der Waals surface area contributed by atoms with Crippen LogP contribution in [0.3, 0.4) is 0 Å². The fourth-order valence-corrected chi connectivity index (χ4v) is 0.351. The maximum absolute atomic E-state index is 9.98. The van der Waals surface area contributed by atoms with Crippen LogP contribution in [0.2, 0.25) is 0 Å². The third-order valence-corrected chi connectivity index (χ3v) is 0.777. The van der Waals surface area contributed by atoms with Gasteiger partial charge in [0.1, 0.15) is 0 Å². The Hall–Kier alpha value is -0.530. The van der Waals surface area contributed by atoms with Gasteiger partial charge in [0, 0.05) is 6.42 Å². The summed E-state index contributed by atoms with van der Waals surface area (Å²) in [5, 5.41) is 0. The van der Waals surface area contributed by atoms with Crippen LogP contribution in [-0.2, 0) is 4.79 Å². The summed E-state index contributed by atoms with van der Waals surface area (Å²) in [4.78, 5) is 9.98. The summed E-state index contributed by atoms with van der Waals surface area (Å²) in [6, 6.07) is 0. The predicted octanol–water partition coefficient (Wildman–Crippen LogP) is 2.71. The number of unbranched alkanes of at least 4 members (excludes halogenated alkanes) is 1. The molecule has 0 aromatic rings. The predicted molar refractivity (Wildman–Crippen MR) is 51.4 cm³/mol. The van der Waals surface area contributed by atoms with Gasteiger partial charge in [0.25, 0.3) is 0 Å². The molecular formula is C9H23NO. The number of hydrogen-bond acceptors (Lipinski definition) is 1. The fraction of sp³-hybridized carbons (Fsp3) is 0.889. The van der Waals surface area contributed by atoms with Gasteiger partial charge in [-0.25, -0.2) is 0 Å². The molecule has 0 aliphatic rings. The molecule has 0 aromatic heterocycles. The van der Waals surface area contributed by atoms with Crippen molar-refractivity contribution in [2.75, 3.05) is 0 Å². The van der Waals surface area contributed by atoms with Crippen LogP contribution in [0.5, 0.6) is 0 Å². The second kappa shape index (κ2) is 22.7. The van der Waals surface area contributed by atoms with Gasteiger partial charge in [0.15, 0.2) is 0 Å². The Labute approximate surface area is 71.2 Å². The number of hydrogen-bond donors (Lipinski definition) is 1. The molecule has 0 aliphatic carbocycles. The van der Waals surface area contributed by atoms with E-state index in [1.807, 2.05) is 34.6 Å². The lowest BCUT2D eigenvalue weighted by atomic mass is 10.2. The number of nitrogens with two attached hydrogens (primary N) is 1. The Morgan fingerprint density at radius 1 is 1.18 bits per heavy atom. The van der Waals surface area contributed by atoms with Crippen molar-refractivity contribution in [2.24, 2.45) is 5.73 Å². The van der Waals surface area contributed by atoms with Crippen LogP contribution in [0.15, 0.2) is 0 Å². The van der Waals surface area contributed by atoms with E-state index in [2.05, 4.69) is 0 Å². The molecule has 0 rings (SSSR count). The lowest BCUT2D eigenvalue weighted by molar-refractivity contribution is -0.118. The number of carbonyl (C=O) groups excluding carboxylic acids is 1. The molecule has 11 heavy (non-hydrogen) atoms. The molecule has 0 radical (unpaired) electrons. The van der Waals surface area contributed by atoms with E-state index >= 15 is 0 Å². The van der Waals surface area contributed by atoms with Crippen LogP contribution < -0.4 is 5.73 Å². The molecule has 0 bridgehead atoms. The van der Waals surface area contributed by atoms with E-state index in [9.17, 15) is 4.79 Å². The van der Waals surface area contributed by atoms with Crippen molar-refractivity contribution in [3.63, 3.8) is 0 Å². The highest BCUT2D eigenvalue weighted by molar-refractivity contribution is 5.73. The normalized spacial score (nSPS) is 6.64. The van der Waals surface area contributed by atoms with Gasteiger partial charge in [0.2, 0.25) is 5.91 Å². The van der Waals surface area contributed by atoms with Gasteiger partial charge in [-0.3, -0.25) is 4.79 Å². The molecule has 0 heterocycles. The third-order valence-electron chi connectivity index (χ3n) is 0.777. The Bertz CT molecular complexity index is 62.6. The molecule has 1 amide bonds. The molecular weight excluding hydrogens is 138 g/mol. The van der Waals surface area contributed by atoms with Crippen LogP contribution >= 0.6 is 0 Å². The van der Waals surface area contributed by atoms with Gasteiger partial charge in [-0.2, -0.15) is 0 Å². The largest absolute Gasteiger partial charge is 0.370 e. The zero-order chi connectivity index (χ0) is 9.70. The average molecular weight is 161 g/mol. The standard InChI is InChI=1S/C5H11NO.2C2H6/c1-2-3-4-5(6)7;2*1-2/h2-4H2,1H3,(H2,6,7);2*1-2H3. The second-order valence-corrected chi connectivity index (χ2v) is 1.57. The van der Waals surface area contributed by atoms with Crippen molar-refractivity contribution >= 4 is 5.91 Å². The second-order valence-electron chi connectivity index (χ2n) is 1.57. The van der Waals surface area contributed by atoms with Gasteiger partial charge >= 0.3 is 0 Å². The van der Waals surface area contributed by atoms with E-state index < -0.39 is 0 Å². The lowest BCUT2D eigenvalue weighted by Crippen LogP contribution is -2.09. The molecule has 0 spiro atoms. The summed E-state index contributed by atoms with van der Waals surface area (Å²) in [5.74, 6) is -0.193. The van der Waals surface area contributed by atoms with Crippen LogP contribution in [-0.4, -0.2) is 5.91 Å². The van der Waals surface area contributed by atoms with Crippen molar-refractivity contribution in [2.45, 2.75) is 53.9 Å². The quantitative estimate of drug-likeness (QED) is 0.679. The minimum atomic E-state index is -0.193. The average Bonchev–Trinajstić information content (AvgIpc) is 2.08. The van der Waals surface area contributed by atoms with Crippen LogP contribution in [0.25, 0.3) is 0 Å². The molecule has 0 atom stereocenters. The monoisotopic (exact) mass is 161 g/mol. The summed E-state index contributed by atoms with van der Waals surface area (Å²) >= 11 is 0. The molecule has 2 nitrogen and oxygen atoms in total. The summed E-state index contributed by atoms with van der Waals surface area (Å²) < 4.78 is 0. The lowest BCUT2D eigenvalue weighted by Gasteiger charge is -1.86. The molecule has 0 saturated heterocycles. The van der Waals surface area contributed by atoms with Crippen molar-refractivity contribution < 1.29 is 4.79 Å². The number of amides is 1. The molecule has 2 heteroatoms. The van der Waals surface area contributed by atoms with Crippen molar-refractivity contribution in [1.29, 1.82) is 0 Å². The summed E-state index contributed by atoms with van der Waals surface area (Å²) in [5.41, 5.74) is 4.84. The SMILES string of the molecule is CC.CC.CCCCC(N)=O. The van der Waals surface area contributed by atoms with Crippen molar-refractivity contribution in [3.05, 3.63) is 0 Å². The smallest absolute Gasteiger partial charge is 0.217 e. The highest BCUT2D eigenvalue weighted by Gasteiger charge is 1.88. The third kappa shape index (κ3) is 43.9. The van der Waals surface area contributed by atoms with E-state index in [0.29, 0.717) is 6.42 Å². The van der Waals surface area contributed by atoms with E-state index in [-0.39, 0.29) is 5.91 Å². The minimum absolute atomic E-state index is 0.193. The topological polar surface area (TPSA) is 43.1 Å². The van der Waals surface area contributed by atoms with E-state index in [1.54, 1.807) is 0 Å². The molecule has 0 saturated carbocycles. The molecule has 0 fully saturated rings.